The molecule has 0 aliphatic carbocycles. The molecule has 130 valence electrons. The number of ether oxygens (including phenoxy) is 1. The summed E-state index contributed by atoms with van der Waals surface area (Å²) in [7, 11) is 1.98. The van der Waals surface area contributed by atoms with Crippen LogP contribution in [0.3, 0.4) is 0 Å². The van der Waals surface area contributed by atoms with Gasteiger partial charge in [0.25, 0.3) is 0 Å². The number of hydrogen-bond donors (Lipinski definition) is 1. The van der Waals surface area contributed by atoms with E-state index in [0.717, 1.165) is 38.5 Å². The van der Waals surface area contributed by atoms with Crippen LogP contribution in [-0.2, 0) is 11.3 Å². The van der Waals surface area contributed by atoms with Crippen LogP contribution in [0.1, 0.15) is 19.4 Å². The quantitative estimate of drug-likeness (QED) is 0.856. The molecular formula is C17H28ClN3O2. The predicted octanol–water partition coefficient (Wildman–Crippen LogP) is 1.76. The maximum absolute atomic E-state index is 12.2. The van der Waals surface area contributed by atoms with Gasteiger partial charge < -0.3 is 15.0 Å². The largest absolute Gasteiger partial charge is 0.491 e. The predicted molar refractivity (Wildman–Crippen MR) is 95.2 cm³/mol. The van der Waals surface area contributed by atoms with Crippen molar-refractivity contribution in [2.24, 2.45) is 0 Å². The fraction of sp³-hybridized carbons (Fsp3) is 0.588. The van der Waals surface area contributed by atoms with Crippen LogP contribution in [0.25, 0.3) is 0 Å². The van der Waals surface area contributed by atoms with Crippen LogP contribution >= 0.6 is 12.4 Å². The Hall–Kier alpha value is -1.30. The number of likely N-dealkylation sites (N-methyl/N-ethyl adjacent to an activating group) is 1. The van der Waals surface area contributed by atoms with Crippen molar-refractivity contribution >= 4 is 18.3 Å². The Morgan fingerprint density at radius 2 is 1.87 bits per heavy atom. The molecule has 0 atom stereocenters. The van der Waals surface area contributed by atoms with Gasteiger partial charge in [0, 0.05) is 32.7 Å². The monoisotopic (exact) mass is 341 g/mol. The van der Waals surface area contributed by atoms with E-state index in [1.54, 1.807) is 0 Å². The second-order valence-corrected chi connectivity index (χ2v) is 6.11. The van der Waals surface area contributed by atoms with Crippen molar-refractivity contribution in [1.82, 2.24) is 15.1 Å². The number of halogens is 1. The standard InChI is InChI=1S/C17H27N3O2.ClH/c1-14(2)22-16-6-4-15(5-7-16)12-19(3)13-17(21)20-10-8-18-9-11-20;/h4-7,14,18H,8-13H2,1-3H3;1H. The maximum Gasteiger partial charge on any atom is 0.236 e. The van der Waals surface area contributed by atoms with E-state index in [-0.39, 0.29) is 24.4 Å². The summed E-state index contributed by atoms with van der Waals surface area (Å²) < 4.78 is 5.64. The van der Waals surface area contributed by atoms with E-state index in [1.807, 2.05) is 37.9 Å². The number of carbonyl (C=O) groups excluding carboxylic acids is 1. The number of nitrogens with zero attached hydrogens (tertiary/aromatic N) is 2. The van der Waals surface area contributed by atoms with Crippen molar-refractivity contribution in [1.29, 1.82) is 0 Å². The minimum Gasteiger partial charge on any atom is -0.491 e. The number of benzene rings is 1. The van der Waals surface area contributed by atoms with Crippen LogP contribution in [0.2, 0.25) is 0 Å². The Morgan fingerprint density at radius 3 is 2.43 bits per heavy atom. The summed E-state index contributed by atoms with van der Waals surface area (Å²) in [4.78, 5) is 16.2. The fourth-order valence-electron chi connectivity index (χ4n) is 2.56. The molecule has 0 aromatic heterocycles. The second-order valence-electron chi connectivity index (χ2n) is 6.11. The molecule has 0 spiro atoms. The summed E-state index contributed by atoms with van der Waals surface area (Å²) in [6.07, 6.45) is 0.185. The van der Waals surface area contributed by atoms with Gasteiger partial charge in [0.1, 0.15) is 5.75 Å². The highest BCUT2D eigenvalue weighted by atomic mass is 35.5. The van der Waals surface area contributed by atoms with E-state index >= 15 is 0 Å². The zero-order chi connectivity index (χ0) is 15.9. The second kappa shape index (κ2) is 9.75. The topological polar surface area (TPSA) is 44.8 Å². The van der Waals surface area contributed by atoms with Crippen molar-refractivity contribution in [3.05, 3.63) is 29.8 Å². The molecule has 23 heavy (non-hydrogen) atoms. The van der Waals surface area contributed by atoms with Crippen molar-refractivity contribution < 1.29 is 9.53 Å². The third-order valence-corrected chi connectivity index (χ3v) is 3.62. The summed E-state index contributed by atoms with van der Waals surface area (Å²) in [6.45, 7) is 8.68. The zero-order valence-corrected chi connectivity index (χ0v) is 15.1. The van der Waals surface area contributed by atoms with E-state index in [9.17, 15) is 4.79 Å². The Labute approximate surface area is 145 Å². The number of piperazine rings is 1. The van der Waals surface area contributed by atoms with Gasteiger partial charge in [0.05, 0.1) is 12.6 Å². The minimum absolute atomic E-state index is 0. The molecule has 2 rings (SSSR count). The Kier molecular flexibility index (Phi) is 8.37. The first-order valence-corrected chi connectivity index (χ1v) is 7.97. The third kappa shape index (κ3) is 6.77. The van der Waals surface area contributed by atoms with E-state index in [4.69, 9.17) is 4.74 Å². The number of amides is 1. The molecular weight excluding hydrogens is 314 g/mol. The van der Waals surface area contributed by atoms with Gasteiger partial charge in [0.2, 0.25) is 5.91 Å². The van der Waals surface area contributed by atoms with Gasteiger partial charge in [-0.2, -0.15) is 0 Å². The average molecular weight is 342 g/mol. The van der Waals surface area contributed by atoms with E-state index < -0.39 is 0 Å². The van der Waals surface area contributed by atoms with Crippen LogP contribution in [0.5, 0.6) is 5.75 Å². The van der Waals surface area contributed by atoms with Gasteiger partial charge in [-0.3, -0.25) is 9.69 Å². The van der Waals surface area contributed by atoms with Gasteiger partial charge in [-0.15, -0.1) is 12.4 Å². The molecule has 1 aromatic rings. The molecule has 0 radical (unpaired) electrons. The Balaban J connectivity index is 0.00000264. The molecule has 1 aliphatic heterocycles. The van der Waals surface area contributed by atoms with Gasteiger partial charge >= 0.3 is 0 Å². The normalized spacial score (nSPS) is 14.7. The first-order chi connectivity index (χ1) is 10.5. The number of rotatable bonds is 6. The molecule has 1 aromatic carbocycles. The summed E-state index contributed by atoms with van der Waals surface area (Å²) in [5.41, 5.74) is 1.19. The van der Waals surface area contributed by atoms with E-state index in [1.165, 1.54) is 5.56 Å². The highest BCUT2D eigenvalue weighted by Crippen LogP contribution is 2.14. The molecule has 5 nitrogen and oxygen atoms in total. The van der Waals surface area contributed by atoms with Crippen molar-refractivity contribution in [2.75, 3.05) is 39.8 Å². The molecule has 6 heteroatoms. The molecule has 1 N–H and O–H groups in total. The van der Waals surface area contributed by atoms with Crippen LogP contribution in [-0.4, -0.2) is 61.6 Å². The lowest BCUT2D eigenvalue weighted by atomic mass is 10.2. The molecule has 1 amide bonds. The van der Waals surface area contributed by atoms with Gasteiger partial charge in [0.15, 0.2) is 0 Å². The fourth-order valence-corrected chi connectivity index (χ4v) is 2.56. The summed E-state index contributed by atoms with van der Waals surface area (Å²) >= 11 is 0. The number of hydrogen-bond acceptors (Lipinski definition) is 4. The number of carbonyl (C=O) groups is 1. The molecule has 1 fully saturated rings. The van der Waals surface area contributed by atoms with Gasteiger partial charge in [-0.05, 0) is 38.6 Å². The summed E-state index contributed by atoms with van der Waals surface area (Å²) in [5.74, 6) is 1.10. The van der Waals surface area contributed by atoms with E-state index in [0.29, 0.717) is 6.54 Å². The lowest BCUT2D eigenvalue weighted by Crippen LogP contribution is -2.49. The van der Waals surface area contributed by atoms with Crippen molar-refractivity contribution in [3.63, 3.8) is 0 Å². The van der Waals surface area contributed by atoms with E-state index in [2.05, 4.69) is 22.3 Å². The lowest BCUT2D eigenvalue weighted by molar-refractivity contribution is -0.132. The molecule has 1 heterocycles. The minimum atomic E-state index is 0. The molecule has 0 bridgehead atoms. The molecule has 0 unspecified atom stereocenters. The van der Waals surface area contributed by atoms with Gasteiger partial charge in [-0.1, -0.05) is 12.1 Å². The molecule has 1 saturated heterocycles. The van der Waals surface area contributed by atoms with Crippen LogP contribution in [0.15, 0.2) is 24.3 Å². The SMILES string of the molecule is CC(C)Oc1ccc(CN(C)CC(=O)N2CCNCC2)cc1.Cl. The highest BCUT2D eigenvalue weighted by molar-refractivity contribution is 5.85. The molecule has 1 aliphatic rings. The first-order valence-electron chi connectivity index (χ1n) is 7.97. The zero-order valence-electron chi connectivity index (χ0n) is 14.2. The maximum atomic E-state index is 12.2. The molecule has 0 saturated carbocycles. The van der Waals surface area contributed by atoms with Crippen LogP contribution in [0, 0.1) is 0 Å². The lowest BCUT2D eigenvalue weighted by Gasteiger charge is -2.29. The summed E-state index contributed by atoms with van der Waals surface area (Å²) in [5, 5.41) is 3.26. The van der Waals surface area contributed by atoms with Crippen molar-refractivity contribution in [3.8, 4) is 5.75 Å². The van der Waals surface area contributed by atoms with Gasteiger partial charge in [-0.25, -0.2) is 0 Å². The average Bonchev–Trinajstić information content (AvgIpc) is 2.49. The van der Waals surface area contributed by atoms with Crippen LogP contribution < -0.4 is 10.1 Å². The Bertz CT molecular complexity index is 473. The smallest absolute Gasteiger partial charge is 0.236 e. The third-order valence-electron chi connectivity index (χ3n) is 3.62. The summed E-state index contributed by atoms with van der Waals surface area (Å²) in [6, 6.07) is 8.09. The number of nitrogens with one attached hydrogen (secondary N) is 1. The van der Waals surface area contributed by atoms with Crippen LogP contribution in [0.4, 0.5) is 0 Å². The first kappa shape index (κ1) is 19.7. The Morgan fingerprint density at radius 1 is 1.26 bits per heavy atom. The highest BCUT2D eigenvalue weighted by Gasteiger charge is 2.17. The van der Waals surface area contributed by atoms with Crippen molar-refractivity contribution in [2.45, 2.75) is 26.5 Å².